The monoisotopic (exact) mass is 706 g/mol. The standard InChI is InChI=1S/C38H44Br2O3/c1-25-17-31(29-13-9-11-15-35(29)39)27(19-33(25)37(3,4)5)21-41-23-43-24-42-22-28-20-34(38(6,7)8)26(2)18-32(28)30-14-10-12-16-36(30)40/h9-20H,21-24H2,1-8H3. The third kappa shape index (κ3) is 8.46. The van der Waals surface area contributed by atoms with E-state index in [2.05, 4.69) is 148 Å². The minimum atomic E-state index is 0.0344. The van der Waals surface area contributed by atoms with Crippen molar-refractivity contribution >= 4 is 31.9 Å². The first-order valence-electron chi connectivity index (χ1n) is 14.8. The predicted octanol–water partition coefficient (Wildman–Crippen LogP) is 11.4. The molecular weight excluding hydrogens is 664 g/mol. The van der Waals surface area contributed by atoms with Gasteiger partial charge < -0.3 is 14.2 Å². The number of halogens is 2. The maximum atomic E-state index is 6.05. The van der Waals surface area contributed by atoms with E-state index in [9.17, 15) is 0 Å². The van der Waals surface area contributed by atoms with Crippen LogP contribution in [0.3, 0.4) is 0 Å². The summed E-state index contributed by atoms with van der Waals surface area (Å²) in [6.45, 7) is 19.0. The molecule has 0 atom stereocenters. The van der Waals surface area contributed by atoms with Crippen molar-refractivity contribution in [2.45, 2.75) is 79.4 Å². The lowest BCUT2D eigenvalue weighted by Gasteiger charge is -2.25. The molecule has 4 rings (SSSR count). The average molecular weight is 709 g/mol. The van der Waals surface area contributed by atoms with Crippen molar-refractivity contribution in [3.05, 3.63) is 115 Å². The Kier molecular flexibility index (Phi) is 11.1. The van der Waals surface area contributed by atoms with Crippen LogP contribution >= 0.6 is 31.9 Å². The minimum Gasteiger partial charge on any atom is -0.351 e. The molecular formula is C38H44Br2O3. The summed E-state index contributed by atoms with van der Waals surface area (Å²) in [5, 5.41) is 0. The van der Waals surface area contributed by atoms with E-state index in [0.29, 0.717) is 13.2 Å². The van der Waals surface area contributed by atoms with Gasteiger partial charge in [0, 0.05) is 8.95 Å². The van der Waals surface area contributed by atoms with Crippen molar-refractivity contribution < 1.29 is 14.2 Å². The van der Waals surface area contributed by atoms with Gasteiger partial charge in [-0.05, 0) is 92.4 Å². The number of hydrogen-bond acceptors (Lipinski definition) is 3. The normalized spacial score (nSPS) is 12.1. The Labute approximate surface area is 275 Å². The van der Waals surface area contributed by atoms with Crippen molar-refractivity contribution in [1.29, 1.82) is 0 Å². The number of ether oxygens (including phenoxy) is 3. The Balaban J connectivity index is 1.43. The third-order valence-electron chi connectivity index (χ3n) is 7.69. The summed E-state index contributed by atoms with van der Waals surface area (Å²) < 4.78 is 20.0. The smallest absolute Gasteiger partial charge is 0.150 e. The predicted molar refractivity (Wildman–Crippen MR) is 186 cm³/mol. The van der Waals surface area contributed by atoms with Gasteiger partial charge in [0.05, 0.1) is 13.2 Å². The first kappa shape index (κ1) is 33.6. The van der Waals surface area contributed by atoms with Crippen molar-refractivity contribution in [2.24, 2.45) is 0 Å². The molecule has 0 saturated carbocycles. The molecule has 0 amide bonds. The summed E-state index contributed by atoms with van der Waals surface area (Å²) in [6.07, 6.45) is 0. The van der Waals surface area contributed by atoms with Gasteiger partial charge in [-0.2, -0.15) is 0 Å². The quantitative estimate of drug-likeness (QED) is 0.121. The van der Waals surface area contributed by atoms with Gasteiger partial charge in [0.2, 0.25) is 0 Å². The molecule has 4 aromatic carbocycles. The van der Waals surface area contributed by atoms with Gasteiger partial charge in [-0.3, -0.25) is 0 Å². The first-order chi connectivity index (χ1) is 20.3. The van der Waals surface area contributed by atoms with Crippen LogP contribution in [-0.2, 0) is 38.3 Å². The van der Waals surface area contributed by atoms with E-state index in [-0.39, 0.29) is 24.4 Å². The Bertz CT molecular complexity index is 1440. The van der Waals surface area contributed by atoms with Crippen molar-refractivity contribution in [1.82, 2.24) is 0 Å². The summed E-state index contributed by atoms with van der Waals surface area (Å²) in [4.78, 5) is 0. The van der Waals surface area contributed by atoms with Crippen molar-refractivity contribution in [3.8, 4) is 22.3 Å². The third-order valence-corrected chi connectivity index (χ3v) is 9.08. The maximum Gasteiger partial charge on any atom is 0.150 e. The number of rotatable bonds is 10. The molecule has 0 aromatic heterocycles. The Morgan fingerprint density at radius 2 is 0.884 bits per heavy atom. The molecule has 0 aliphatic rings. The van der Waals surface area contributed by atoms with Gasteiger partial charge in [-0.15, -0.1) is 0 Å². The molecule has 4 aromatic rings. The fourth-order valence-electron chi connectivity index (χ4n) is 5.68. The second-order valence-electron chi connectivity index (χ2n) is 13.2. The van der Waals surface area contributed by atoms with Crippen LogP contribution in [0, 0.1) is 13.8 Å². The molecule has 0 saturated heterocycles. The van der Waals surface area contributed by atoms with E-state index in [1.54, 1.807) is 0 Å². The van der Waals surface area contributed by atoms with Gasteiger partial charge in [-0.1, -0.05) is 134 Å². The summed E-state index contributed by atoms with van der Waals surface area (Å²) in [6, 6.07) is 25.8. The summed E-state index contributed by atoms with van der Waals surface area (Å²) >= 11 is 7.47. The molecule has 0 aliphatic heterocycles. The van der Waals surface area contributed by atoms with Crippen LogP contribution in [0.2, 0.25) is 0 Å². The molecule has 0 aliphatic carbocycles. The summed E-state index contributed by atoms with van der Waals surface area (Å²) in [5.41, 5.74) is 12.2. The lowest BCUT2D eigenvalue weighted by molar-refractivity contribution is -0.139. The SMILES string of the molecule is Cc1cc(-c2ccccc2Br)c(COCOCOCc2cc(C(C)(C)C)c(C)cc2-c2ccccc2Br)cc1C(C)(C)C. The van der Waals surface area contributed by atoms with Gasteiger partial charge in [0.15, 0.2) is 0 Å². The Hall–Kier alpha value is -2.28. The Morgan fingerprint density at radius 3 is 1.23 bits per heavy atom. The lowest BCUT2D eigenvalue weighted by atomic mass is 9.81. The molecule has 0 radical (unpaired) electrons. The Morgan fingerprint density at radius 1 is 0.512 bits per heavy atom. The van der Waals surface area contributed by atoms with Gasteiger partial charge in [0.25, 0.3) is 0 Å². The second kappa shape index (κ2) is 14.2. The van der Waals surface area contributed by atoms with Crippen LogP contribution in [0.25, 0.3) is 22.3 Å². The molecule has 0 heterocycles. The number of benzene rings is 4. The molecule has 0 bridgehead atoms. The highest BCUT2D eigenvalue weighted by Crippen LogP contribution is 2.38. The molecule has 0 spiro atoms. The zero-order chi connectivity index (χ0) is 31.4. The number of aryl methyl sites for hydroxylation is 2. The van der Waals surface area contributed by atoms with Gasteiger partial charge >= 0.3 is 0 Å². The molecule has 0 fully saturated rings. The minimum absolute atomic E-state index is 0.0344. The second-order valence-corrected chi connectivity index (χ2v) is 15.0. The molecule has 228 valence electrons. The number of hydrogen-bond donors (Lipinski definition) is 0. The van der Waals surface area contributed by atoms with Crippen LogP contribution in [0.1, 0.15) is 74.9 Å². The highest BCUT2D eigenvalue weighted by molar-refractivity contribution is 9.11. The highest BCUT2D eigenvalue weighted by atomic mass is 79.9. The van der Waals surface area contributed by atoms with Crippen LogP contribution in [0.15, 0.2) is 81.7 Å². The zero-order valence-corrected chi connectivity index (χ0v) is 29.9. The van der Waals surface area contributed by atoms with E-state index < -0.39 is 0 Å². The summed E-state index contributed by atoms with van der Waals surface area (Å²) in [7, 11) is 0. The first-order valence-corrected chi connectivity index (χ1v) is 16.4. The zero-order valence-electron chi connectivity index (χ0n) is 26.7. The van der Waals surface area contributed by atoms with E-state index in [4.69, 9.17) is 14.2 Å². The fraction of sp³-hybridized carbons (Fsp3) is 0.368. The van der Waals surface area contributed by atoms with Crippen LogP contribution in [0.4, 0.5) is 0 Å². The maximum absolute atomic E-state index is 6.05. The molecule has 5 heteroatoms. The van der Waals surface area contributed by atoms with Gasteiger partial charge in [-0.25, -0.2) is 0 Å². The van der Waals surface area contributed by atoms with Crippen LogP contribution in [-0.4, -0.2) is 13.6 Å². The van der Waals surface area contributed by atoms with E-state index >= 15 is 0 Å². The highest BCUT2D eigenvalue weighted by Gasteiger charge is 2.21. The van der Waals surface area contributed by atoms with E-state index in [1.165, 1.54) is 33.4 Å². The molecule has 0 N–H and O–H groups in total. The fourth-order valence-corrected chi connectivity index (χ4v) is 6.67. The largest absolute Gasteiger partial charge is 0.351 e. The van der Waals surface area contributed by atoms with Crippen molar-refractivity contribution in [2.75, 3.05) is 13.6 Å². The summed E-state index contributed by atoms with van der Waals surface area (Å²) in [5.74, 6) is 0. The molecule has 43 heavy (non-hydrogen) atoms. The van der Waals surface area contributed by atoms with Gasteiger partial charge in [0.1, 0.15) is 13.6 Å². The van der Waals surface area contributed by atoms with Crippen molar-refractivity contribution in [3.63, 3.8) is 0 Å². The van der Waals surface area contributed by atoms with E-state index in [1.807, 2.05) is 12.1 Å². The lowest BCUT2D eigenvalue weighted by Crippen LogP contribution is -2.15. The molecule has 3 nitrogen and oxygen atoms in total. The molecule has 0 unspecified atom stereocenters. The van der Waals surface area contributed by atoms with Crippen LogP contribution in [0.5, 0.6) is 0 Å². The average Bonchev–Trinajstić information content (AvgIpc) is 2.93. The topological polar surface area (TPSA) is 27.7 Å². The van der Waals surface area contributed by atoms with E-state index in [0.717, 1.165) is 31.2 Å². The van der Waals surface area contributed by atoms with Crippen LogP contribution < -0.4 is 0 Å².